The van der Waals surface area contributed by atoms with Gasteiger partial charge in [-0.05, 0) is 55.3 Å². The molecule has 0 radical (unpaired) electrons. The van der Waals surface area contributed by atoms with Crippen molar-refractivity contribution in [3.63, 3.8) is 0 Å². The summed E-state index contributed by atoms with van der Waals surface area (Å²) in [5.74, 6) is -3.54. The van der Waals surface area contributed by atoms with E-state index < -0.39 is 44.4 Å². The molecule has 0 aliphatic carbocycles. The molecule has 0 spiro atoms. The Balaban J connectivity index is -0.000000681. The van der Waals surface area contributed by atoms with Crippen LogP contribution < -0.4 is 165 Å². The van der Waals surface area contributed by atoms with Crippen LogP contribution in [0.2, 0.25) is 0 Å². The van der Waals surface area contributed by atoms with E-state index in [0.717, 1.165) is 35.6 Å². The van der Waals surface area contributed by atoms with E-state index in [1.54, 1.807) is 36.5 Å². The first-order valence-electron chi connectivity index (χ1n) is 15.1. The van der Waals surface area contributed by atoms with Crippen LogP contribution in [0.15, 0.2) is 113 Å². The monoisotopic (exact) mass is 1030 g/mol. The van der Waals surface area contributed by atoms with Gasteiger partial charge in [0.25, 0.3) is 23.4 Å². The maximum Gasteiger partial charge on any atom is 1.00 e. The summed E-state index contributed by atoms with van der Waals surface area (Å²) in [7, 11) is 0. The maximum absolute atomic E-state index is 13.6. The minimum atomic E-state index is -1.21. The molecule has 2 aromatic heterocycles. The molecule has 288 valence electrons. The van der Waals surface area contributed by atoms with E-state index in [1.807, 2.05) is 0 Å². The molecule has 0 atom stereocenters. The number of nitrogens with one attached hydrogen (secondary N) is 1. The summed E-state index contributed by atoms with van der Waals surface area (Å²) < 4.78 is 52.7. The topological polar surface area (TPSA) is 237 Å². The third-order valence-electron chi connectivity index (χ3n) is 6.64. The number of non-ortho nitro benzene ring substituents is 2. The molecule has 3 heterocycles. The number of H-pyrrole nitrogens is 1. The number of amides is 1. The SMILES string of the molecule is Nc1ccc(N2CCCCC2=O)c(F)c1.O=CO[O-].O=[N+]([O-])c1ccc(F)c(F)c1.O=c1cccc[nH]1.O=c1ccccn1-c1ccc([N+](=O)[O-])cc1F.[Cs+].[Cs+].[H-].[HH]. The number of nitro groups is 2. The normalized spacial score (nSPS) is 10.9. The molecule has 16 nitrogen and oxygen atoms in total. The van der Waals surface area contributed by atoms with Gasteiger partial charge in [0.2, 0.25) is 11.5 Å². The van der Waals surface area contributed by atoms with E-state index >= 15 is 0 Å². The average molecular weight is 1030 g/mol. The van der Waals surface area contributed by atoms with Gasteiger partial charge in [-0.2, -0.15) is 0 Å². The summed E-state index contributed by atoms with van der Waals surface area (Å²) in [4.78, 5) is 67.4. The summed E-state index contributed by atoms with van der Waals surface area (Å²) in [6, 6.07) is 19.0. The molecule has 22 heteroatoms. The molecule has 1 fully saturated rings. The van der Waals surface area contributed by atoms with Crippen molar-refractivity contribution in [2.24, 2.45) is 0 Å². The first kappa shape index (κ1) is 52.9. The number of aromatic nitrogens is 2. The van der Waals surface area contributed by atoms with Crippen molar-refractivity contribution >= 4 is 35.1 Å². The van der Waals surface area contributed by atoms with E-state index in [4.69, 9.17) is 15.8 Å². The van der Waals surface area contributed by atoms with Gasteiger partial charge in [0.15, 0.2) is 17.5 Å². The van der Waals surface area contributed by atoms with Gasteiger partial charge in [-0.1, -0.05) is 12.1 Å². The molecule has 56 heavy (non-hydrogen) atoms. The first-order valence-corrected chi connectivity index (χ1v) is 15.1. The Bertz CT molecular complexity index is 2170. The summed E-state index contributed by atoms with van der Waals surface area (Å²) >= 11 is 0. The van der Waals surface area contributed by atoms with E-state index in [2.05, 4.69) is 9.87 Å². The van der Waals surface area contributed by atoms with Crippen LogP contribution in [0.4, 0.5) is 40.3 Å². The van der Waals surface area contributed by atoms with E-state index in [9.17, 15) is 52.2 Å². The number of benzene rings is 3. The van der Waals surface area contributed by atoms with Crippen LogP contribution in [0.25, 0.3) is 5.69 Å². The summed E-state index contributed by atoms with van der Waals surface area (Å²) in [6.07, 6.45) is 5.32. The van der Waals surface area contributed by atoms with Crippen LogP contribution in [0, 0.1) is 43.5 Å². The molecule has 1 aliphatic rings. The Hall–Kier alpha value is -3.12. The molecule has 1 amide bonds. The minimum absolute atomic E-state index is 0. The second kappa shape index (κ2) is 28.3. The van der Waals surface area contributed by atoms with Crippen molar-refractivity contribution < 1.29 is 188 Å². The number of hydrogen-bond donors (Lipinski definition) is 2. The van der Waals surface area contributed by atoms with Crippen molar-refractivity contribution in [3.05, 3.63) is 168 Å². The van der Waals surface area contributed by atoms with Crippen LogP contribution in [0.5, 0.6) is 0 Å². The fourth-order valence-electron chi connectivity index (χ4n) is 4.21. The van der Waals surface area contributed by atoms with Crippen molar-refractivity contribution in [2.75, 3.05) is 17.2 Å². The number of piperidine rings is 1. The quantitative estimate of drug-likeness (QED) is 0.0533. The number of anilines is 2. The van der Waals surface area contributed by atoms with Gasteiger partial charge in [0.05, 0.1) is 33.4 Å². The number of hydrogen-bond acceptors (Lipinski definition) is 11. The van der Waals surface area contributed by atoms with Crippen LogP contribution in [0.1, 0.15) is 22.1 Å². The Morgan fingerprint density at radius 3 is 1.80 bits per heavy atom. The van der Waals surface area contributed by atoms with E-state index in [0.29, 0.717) is 36.5 Å². The average Bonchev–Trinajstić information content (AvgIpc) is 3.15. The van der Waals surface area contributed by atoms with Crippen LogP contribution in [-0.4, -0.2) is 38.3 Å². The van der Waals surface area contributed by atoms with Crippen LogP contribution in [-0.2, 0) is 14.5 Å². The first-order chi connectivity index (χ1) is 25.7. The molecule has 1 aliphatic heterocycles. The Kier molecular flexibility index (Phi) is 26.7. The molecule has 6 rings (SSSR count). The van der Waals surface area contributed by atoms with Crippen molar-refractivity contribution in [1.29, 1.82) is 0 Å². The maximum atomic E-state index is 13.6. The molecule has 3 aromatic carbocycles. The van der Waals surface area contributed by atoms with Gasteiger partial charge in [-0.25, -0.2) is 17.6 Å². The van der Waals surface area contributed by atoms with Crippen molar-refractivity contribution in [1.82, 2.24) is 9.55 Å². The number of aromatic amines is 1. The predicted molar refractivity (Wildman–Crippen MR) is 186 cm³/mol. The molecule has 0 bridgehead atoms. The fourth-order valence-corrected chi connectivity index (χ4v) is 4.21. The zero-order valence-corrected chi connectivity index (χ0v) is 42.2. The minimum Gasteiger partial charge on any atom is -1.00 e. The van der Waals surface area contributed by atoms with Gasteiger partial charge < -0.3 is 27.2 Å². The Morgan fingerprint density at radius 2 is 1.34 bits per heavy atom. The van der Waals surface area contributed by atoms with Crippen LogP contribution in [0.3, 0.4) is 0 Å². The largest absolute Gasteiger partial charge is 1.00 e. The predicted octanol–water partition coefficient (Wildman–Crippen LogP) is -1.14. The third-order valence-corrected chi connectivity index (χ3v) is 6.64. The number of halogens is 4. The number of pyridine rings is 2. The number of nitrogen functional groups attached to an aromatic ring is 1. The smallest absolute Gasteiger partial charge is 1.00 e. The number of nitrogens with zero attached hydrogens (tertiary/aromatic N) is 4. The number of carbonyl (C=O) groups excluding carboxylic acids is 2. The number of nitrogens with two attached hydrogens (primary N) is 1. The van der Waals surface area contributed by atoms with Gasteiger partial charge in [-0.3, -0.25) is 44.0 Å². The standard InChI is InChI=1S/C11H7FN2O3.C11H13FN2O.C6H3F2NO2.C5H5NO.CH2O3.2Cs.H2.H/c12-9-7-8(14(16)17)4-5-10(9)13-6-2-1-3-11(13)15;12-9-7-8(13)4-5-10(9)14-6-2-1-3-11(14)15;7-5-2-1-4(9(10)11)3-6(5)8;7-5-3-1-2-4-6-5;2-1-4-3;;;;/h1-7H;4-5,7H,1-3,6,13H2;1-3H;1-4H,(H,6,7);1,3H;;;1H;/q;;;;;2*+1;;-1/p-1. The Morgan fingerprint density at radius 1 is 0.768 bits per heavy atom. The number of carbonyl (C=O) groups is 2. The van der Waals surface area contributed by atoms with E-state index in [-0.39, 0.29) is 170 Å². The van der Waals surface area contributed by atoms with Crippen molar-refractivity contribution in [2.45, 2.75) is 19.3 Å². The second-order valence-corrected chi connectivity index (χ2v) is 10.3. The zero-order chi connectivity index (χ0) is 40.2. The summed E-state index contributed by atoms with van der Waals surface area (Å²) in [5, 5.41) is 28.8. The molecular weight excluding hydrogens is 994 g/mol. The van der Waals surface area contributed by atoms with Crippen molar-refractivity contribution in [3.8, 4) is 5.69 Å². The van der Waals surface area contributed by atoms with Gasteiger partial charge >= 0.3 is 138 Å². The number of rotatable bonds is 5. The number of nitro benzene ring substituents is 2. The van der Waals surface area contributed by atoms with Gasteiger partial charge in [-0.15, -0.1) is 0 Å². The zero-order valence-electron chi connectivity index (χ0n) is 30.7. The fraction of sp³-hybridized carbons (Fsp3) is 0.118. The summed E-state index contributed by atoms with van der Waals surface area (Å²) in [5.41, 5.74) is 4.89. The molecule has 0 saturated carbocycles. The van der Waals surface area contributed by atoms with Crippen LogP contribution >= 0.6 is 0 Å². The molecule has 1 saturated heterocycles. The molecular formula is C34H32Cs2F4N6O10. The molecule has 3 N–H and O–H groups in total. The Labute approximate surface area is 435 Å². The molecule has 5 aromatic rings. The molecule has 0 unspecified atom stereocenters. The van der Waals surface area contributed by atoms with Gasteiger partial charge in [0.1, 0.15) is 5.82 Å². The summed E-state index contributed by atoms with van der Waals surface area (Å²) in [6.45, 7) is 0.416. The third kappa shape index (κ3) is 18.4. The van der Waals surface area contributed by atoms with E-state index in [1.165, 1.54) is 41.4 Å². The van der Waals surface area contributed by atoms with Gasteiger partial charge in [0, 0.05) is 56.7 Å². The second-order valence-electron chi connectivity index (χ2n) is 10.3.